The molecule has 10 nitrogen and oxygen atoms in total. The van der Waals surface area contributed by atoms with Crippen molar-refractivity contribution in [3.63, 3.8) is 0 Å². The zero-order chi connectivity index (χ0) is 23.9. The van der Waals surface area contributed by atoms with Gasteiger partial charge in [-0.05, 0) is 36.4 Å². The number of phenolic OH excluding ortho intramolecular Hbond substituents is 4. The Morgan fingerprint density at radius 2 is 1.73 bits per heavy atom. The Hall–Kier alpha value is -4.99. The summed E-state index contributed by atoms with van der Waals surface area (Å²) < 4.78 is 11.0. The van der Waals surface area contributed by atoms with E-state index in [9.17, 15) is 30.0 Å². The molecule has 0 aliphatic heterocycles. The fourth-order valence-electron chi connectivity index (χ4n) is 3.19. The van der Waals surface area contributed by atoms with Crippen molar-refractivity contribution in [2.45, 2.75) is 0 Å². The van der Waals surface area contributed by atoms with Crippen LogP contribution in [0.1, 0.15) is 15.9 Å². The Labute approximate surface area is 184 Å². The highest BCUT2D eigenvalue weighted by atomic mass is 16.5. The molecule has 0 saturated heterocycles. The molecular formula is C23H16N2O8. The first kappa shape index (κ1) is 21.2. The highest BCUT2D eigenvalue weighted by molar-refractivity contribution is 5.97. The minimum Gasteiger partial charge on any atom is -0.508 e. The van der Waals surface area contributed by atoms with Gasteiger partial charge in [0.05, 0.1) is 5.56 Å². The Balaban J connectivity index is 1.94. The minimum atomic E-state index is -0.979. The molecule has 0 radical (unpaired) electrons. The number of nitrogen functional groups attached to an aromatic ring is 1. The lowest BCUT2D eigenvalue weighted by Crippen LogP contribution is -2.17. The SMILES string of the molecule is N=Cc1cc(C(=O)Oc2c(-c3ccc(O)c(O)c3)oc3cc(O)cc(O)c3c2=O)ccc1N. The van der Waals surface area contributed by atoms with E-state index in [1.807, 2.05) is 0 Å². The van der Waals surface area contributed by atoms with Gasteiger partial charge in [-0.25, -0.2) is 4.79 Å². The summed E-state index contributed by atoms with van der Waals surface area (Å²) in [5.41, 5.74) is 5.16. The van der Waals surface area contributed by atoms with E-state index in [-0.39, 0.29) is 44.9 Å². The second-order valence-electron chi connectivity index (χ2n) is 7.01. The lowest BCUT2D eigenvalue weighted by atomic mass is 10.1. The van der Waals surface area contributed by atoms with Crippen LogP contribution < -0.4 is 15.9 Å². The van der Waals surface area contributed by atoms with Gasteiger partial charge in [0.1, 0.15) is 22.5 Å². The number of ether oxygens (including phenoxy) is 1. The second-order valence-corrected chi connectivity index (χ2v) is 7.01. The summed E-state index contributed by atoms with van der Waals surface area (Å²) >= 11 is 0. The van der Waals surface area contributed by atoms with E-state index in [1.165, 1.54) is 24.3 Å². The molecule has 0 spiro atoms. The molecule has 1 heterocycles. The monoisotopic (exact) mass is 448 g/mol. The average Bonchev–Trinajstić information content (AvgIpc) is 2.77. The number of phenols is 4. The Morgan fingerprint density at radius 1 is 0.970 bits per heavy atom. The van der Waals surface area contributed by atoms with Crippen molar-refractivity contribution < 1.29 is 34.4 Å². The molecule has 0 saturated carbocycles. The van der Waals surface area contributed by atoms with Gasteiger partial charge >= 0.3 is 5.97 Å². The number of carbonyl (C=O) groups excluding carboxylic acids is 1. The van der Waals surface area contributed by atoms with E-state index in [1.54, 1.807) is 0 Å². The molecule has 1 aromatic heterocycles. The van der Waals surface area contributed by atoms with Crippen LogP contribution in [0, 0.1) is 5.41 Å². The van der Waals surface area contributed by atoms with E-state index < -0.39 is 34.4 Å². The van der Waals surface area contributed by atoms with Crippen LogP contribution in [0.4, 0.5) is 5.69 Å². The summed E-state index contributed by atoms with van der Waals surface area (Å²) in [6, 6.07) is 9.56. The second kappa shape index (κ2) is 7.93. The number of esters is 1. The highest BCUT2D eigenvalue weighted by Gasteiger charge is 2.24. The van der Waals surface area contributed by atoms with Gasteiger partial charge in [-0.1, -0.05) is 0 Å². The van der Waals surface area contributed by atoms with Crippen molar-refractivity contribution >= 4 is 28.8 Å². The number of carbonyl (C=O) groups is 1. The molecule has 0 unspecified atom stereocenters. The summed E-state index contributed by atoms with van der Waals surface area (Å²) in [6.07, 6.45) is 0.950. The summed E-state index contributed by atoms with van der Waals surface area (Å²) in [7, 11) is 0. The maximum atomic E-state index is 13.2. The van der Waals surface area contributed by atoms with Gasteiger partial charge < -0.3 is 40.7 Å². The molecule has 3 aromatic carbocycles. The van der Waals surface area contributed by atoms with Crippen molar-refractivity contribution in [2.24, 2.45) is 0 Å². The minimum absolute atomic E-state index is 0.0170. The van der Waals surface area contributed by atoms with Crippen LogP contribution in [-0.4, -0.2) is 32.6 Å². The first-order chi connectivity index (χ1) is 15.7. The van der Waals surface area contributed by atoms with E-state index in [0.717, 1.165) is 30.5 Å². The van der Waals surface area contributed by atoms with E-state index >= 15 is 0 Å². The first-order valence-electron chi connectivity index (χ1n) is 9.37. The fraction of sp³-hybridized carbons (Fsp3) is 0. The molecule has 4 aromatic rings. The third-order valence-corrected chi connectivity index (χ3v) is 4.83. The normalized spacial score (nSPS) is 10.8. The number of nitrogens with two attached hydrogens (primary N) is 1. The third-order valence-electron chi connectivity index (χ3n) is 4.83. The molecule has 166 valence electrons. The summed E-state index contributed by atoms with van der Waals surface area (Å²) in [5.74, 6) is -3.83. The Morgan fingerprint density at radius 3 is 2.42 bits per heavy atom. The zero-order valence-electron chi connectivity index (χ0n) is 16.7. The van der Waals surface area contributed by atoms with Crippen LogP contribution in [-0.2, 0) is 0 Å². The standard InChI is InChI=1S/C23H16N2O8/c24-9-12-5-11(1-3-14(12)25)23(31)33-22-20(30)19-17(29)7-13(26)8-18(19)32-21(22)10-2-4-15(27)16(28)6-10/h1-9,24,26-29H,25H2. The van der Waals surface area contributed by atoms with Crippen LogP contribution in [0.2, 0.25) is 0 Å². The van der Waals surface area contributed by atoms with Crippen LogP contribution in [0.25, 0.3) is 22.3 Å². The molecule has 0 bridgehead atoms. The third kappa shape index (κ3) is 3.76. The predicted molar refractivity (Wildman–Crippen MR) is 118 cm³/mol. The van der Waals surface area contributed by atoms with Gasteiger partial charge in [-0.15, -0.1) is 0 Å². The quantitative estimate of drug-likeness (QED) is 0.118. The number of anilines is 1. The first-order valence-corrected chi connectivity index (χ1v) is 9.37. The number of benzene rings is 3. The average molecular weight is 448 g/mol. The molecule has 0 aliphatic rings. The maximum Gasteiger partial charge on any atom is 0.343 e. The van der Waals surface area contributed by atoms with Gasteiger partial charge in [0, 0.05) is 35.2 Å². The smallest absolute Gasteiger partial charge is 0.343 e. The molecule has 33 heavy (non-hydrogen) atoms. The van der Waals surface area contributed by atoms with Gasteiger partial charge in [0.25, 0.3) is 0 Å². The van der Waals surface area contributed by atoms with Crippen molar-refractivity contribution in [3.05, 3.63) is 69.9 Å². The number of fused-ring (bicyclic) bond motifs is 1. The van der Waals surface area contributed by atoms with E-state index in [2.05, 4.69) is 0 Å². The Kier molecular flexibility index (Phi) is 5.10. The lowest BCUT2D eigenvalue weighted by Gasteiger charge is -2.12. The van der Waals surface area contributed by atoms with E-state index in [4.69, 9.17) is 20.3 Å². The molecule has 4 rings (SSSR count). The molecule has 0 aliphatic carbocycles. The number of nitrogens with one attached hydrogen (secondary N) is 1. The molecule has 0 atom stereocenters. The lowest BCUT2D eigenvalue weighted by molar-refractivity contribution is 0.0731. The van der Waals surface area contributed by atoms with Crippen molar-refractivity contribution in [3.8, 4) is 40.1 Å². The predicted octanol–water partition coefficient (Wildman–Crippen LogP) is 3.08. The van der Waals surface area contributed by atoms with E-state index in [0.29, 0.717) is 0 Å². The van der Waals surface area contributed by atoms with Crippen LogP contribution in [0.3, 0.4) is 0 Å². The molecule has 7 N–H and O–H groups in total. The van der Waals surface area contributed by atoms with Crippen LogP contribution in [0.5, 0.6) is 28.7 Å². The van der Waals surface area contributed by atoms with Crippen LogP contribution in [0.15, 0.2) is 57.7 Å². The molecule has 0 amide bonds. The zero-order valence-corrected chi connectivity index (χ0v) is 16.7. The molecule has 10 heteroatoms. The van der Waals surface area contributed by atoms with Gasteiger partial charge in [-0.2, -0.15) is 0 Å². The number of hydrogen-bond acceptors (Lipinski definition) is 10. The summed E-state index contributed by atoms with van der Waals surface area (Å²) in [5, 5.41) is 46.5. The van der Waals surface area contributed by atoms with Gasteiger partial charge in [0.15, 0.2) is 17.3 Å². The molecule has 0 fully saturated rings. The highest BCUT2D eigenvalue weighted by Crippen LogP contribution is 2.38. The number of hydrogen-bond donors (Lipinski definition) is 6. The van der Waals surface area contributed by atoms with Gasteiger partial charge in [-0.3, -0.25) is 4.79 Å². The van der Waals surface area contributed by atoms with Gasteiger partial charge in [0.2, 0.25) is 11.2 Å². The number of aromatic hydroxyl groups is 4. The molecular weight excluding hydrogens is 432 g/mol. The number of rotatable bonds is 4. The summed E-state index contributed by atoms with van der Waals surface area (Å²) in [4.78, 5) is 26.0. The topological polar surface area (TPSA) is 187 Å². The van der Waals surface area contributed by atoms with Crippen molar-refractivity contribution in [1.82, 2.24) is 0 Å². The van der Waals surface area contributed by atoms with Crippen LogP contribution >= 0.6 is 0 Å². The summed E-state index contributed by atoms with van der Waals surface area (Å²) in [6.45, 7) is 0. The maximum absolute atomic E-state index is 13.2. The van der Waals surface area contributed by atoms with Crippen molar-refractivity contribution in [1.29, 1.82) is 5.41 Å². The van der Waals surface area contributed by atoms with Crippen molar-refractivity contribution in [2.75, 3.05) is 5.73 Å². The fourth-order valence-corrected chi connectivity index (χ4v) is 3.19. The Bertz CT molecular complexity index is 1510. The largest absolute Gasteiger partial charge is 0.508 e.